The summed E-state index contributed by atoms with van der Waals surface area (Å²) in [5, 5.41) is 3.15. The first kappa shape index (κ1) is 14.7. The van der Waals surface area contributed by atoms with Crippen molar-refractivity contribution in [3.05, 3.63) is 22.8 Å². The summed E-state index contributed by atoms with van der Waals surface area (Å²) in [7, 11) is 1.60. The molecule has 1 atom stereocenters. The Kier molecular flexibility index (Phi) is 5.37. The summed E-state index contributed by atoms with van der Waals surface area (Å²) < 4.78 is 5.07. The van der Waals surface area contributed by atoms with Gasteiger partial charge in [-0.25, -0.2) is 4.98 Å². The summed E-state index contributed by atoms with van der Waals surface area (Å²) in [5.74, 6) is 0.245. The Hall–Kier alpha value is -1.33. The van der Waals surface area contributed by atoms with Crippen molar-refractivity contribution in [2.24, 2.45) is 5.92 Å². The van der Waals surface area contributed by atoms with E-state index in [4.69, 9.17) is 22.1 Å². The fourth-order valence-electron chi connectivity index (χ4n) is 1.46. The smallest absolute Gasteiger partial charge is 0.253 e. The van der Waals surface area contributed by atoms with Gasteiger partial charge in [-0.1, -0.05) is 25.4 Å². The van der Waals surface area contributed by atoms with E-state index in [2.05, 4.69) is 10.3 Å². The van der Waals surface area contributed by atoms with Crippen molar-refractivity contribution in [1.29, 1.82) is 0 Å². The minimum atomic E-state index is -0.273. The van der Waals surface area contributed by atoms with Gasteiger partial charge in [0.15, 0.2) is 0 Å². The van der Waals surface area contributed by atoms with E-state index >= 15 is 0 Å². The van der Waals surface area contributed by atoms with Crippen LogP contribution in [0.1, 0.15) is 24.2 Å². The predicted molar refractivity (Wildman–Crippen MR) is 71.6 cm³/mol. The van der Waals surface area contributed by atoms with E-state index in [1.165, 1.54) is 12.3 Å². The Morgan fingerprint density at radius 1 is 1.61 bits per heavy atom. The normalized spacial score (nSPS) is 12.5. The molecule has 3 N–H and O–H groups in total. The highest BCUT2D eigenvalue weighted by Gasteiger charge is 2.19. The van der Waals surface area contributed by atoms with E-state index in [-0.39, 0.29) is 28.7 Å². The number of carbonyl (C=O) groups excluding carboxylic acids is 1. The largest absolute Gasteiger partial charge is 0.384 e. The molecule has 0 aliphatic rings. The van der Waals surface area contributed by atoms with Crippen LogP contribution in [0.5, 0.6) is 0 Å². The second-order valence-corrected chi connectivity index (χ2v) is 4.78. The Balaban J connectivity index is 2.83. The molecule has 5 nitrogen and oxygen atoms in total. The number of hydrogen-bond donors (Lipinski definition) is 2. The average molecular weight is 272 g/mol. The maximum Gasteiger partial charge on any atom is 0.253 e. The third-order valence-electron chi connectivity index (χ3n) is 2.59. The Bertz CT molecular complexity index is 424. The summed E-state index contributed by atoms with van der Waals surface area (Å²) in [6, 6.07) is 1.38. The van der Waals surface area contributed by atoms with Gasteiger partial charge in [-0.3, -0.25) is 4.79 Å². The number of ether oxygens (including phenoxy) is 1. The highest BCUT2D eigenvalue weighted by molar-refractivity contribution is 6.33. The van der Waals surface area contributed by atoms with Crippen molar-refractivity contribution in [2.45, 2.75) is 19.9 Å². The fourth-order valence-corrected chi connectivity index (χ4v) is 1.64. The molecule has 0 fully saturated rings. The van der Waals surface area contributed by atoms with E-state index in [9.17, 15) is 4.79 Å². The molecule has 1 amide bonds. The number of hydrogen-bond acceptors (Lipinski definition) is 4. The zero-order valence-corrected chi connectivity index (χ0v) is 11.5. The second-order valence-electron chi connectivity index (χ2n) is 4.37. The molecular weight excluding hydrogens is 254 g/mol. The first-order valence-electron chi connectivity index (χ1n) is 5.66. The SMILES string of the molecule is COCC(NC(=O)c1cc(N)ncc1Cl)C(C)C. The second kappa shape index (κ2) is 6.56. The maximum atomic E-state index is 12.1. The highest BCUT2D eigenvalue weighted by Crippen LogP contribution is 2.17. The quantitative estimate of drug-likeness (QED) is 0.855. The number of nitrogens with one attached hydrogen (secondary N) is 1. The topological polar surface area (TPSA) is 77.2 Å². The molecular formula is C12H18ClN3O2. The number of rotatable bonds is 5. The minimum Gasteiger partial charge on any atom is -0.384 e. The number of halogens is 1. The molecule has 0 bridgehead atoms. The molecule has 0 saturated heterocycles. The number of pyridine rings is 1. The van der Waals surface area contributed by atoms with Gasteiger partial charge in [0.1, 0.15) is 5.82 Å². The van der Waals surface area contributed by atoms with Gasteiger partial charge in [-0.05, 0) is 12.0 Å². The lowest BCUT2D eigenvalue weighted by Gasteiger charge is -2.21. The number of carbonyl (C=O) groups is 1. The summed E-state index contributed by atoms with van der Waals surface area (Å²) in [5.41, 5.74) is 5.87. The summed E-state index contributed by atoms with van der Waals surface area (Å²) >= 11 is 5.92. The van der Waals surface area contributed by atoms with Crippen LogP contribution in [0.2, 0.25) is 5.02 Å². The Morgan fingerprint density at radius 3 is 2.83 bits per heavy atom. The average Bonchev–Trinajstić information content (AvgIpc) is 2.31. The van der Waals surface area contributed by atoms with E-state index in [0.717, 1.165) is 0 Å². The van der Waals surface area contributed by atoms with Crippen LogP contribution in [0.3, 0.4) is 0 Å². The van der Waals surface area contributed by atoms with E-state index in [1.54, 1.807) is 7.11 Å². The molecule has 0 aromatic carbocycles. The molecule has 0 radical (unpaired) electrons. The van der Waals surface area contributed by atoms with Crippen LogP contribution in [0.25, 0.3) is 0 Å². The number of amides is 1. The Morgan fingerprint density at radius 2 is 2.28 bits per heavy atom. The first-order valence-corrected chi connectivity index (χ1v) is 6.04. The molecule has 0 spiro atoms. The molecule has 1 aromatic rings. The number of nitrogens with zero attached hydrogens (tertiary/aromatic N) is 1. The van der Waals surface area contributed by atoms with Crippen LogP contribution in [0, 0.1) is 5.92 Å². The standard InChI is InChI=1S/C12H18ClN3O2/c1-7(2)10(6-18-3)16-12(17)8-4-11(14)15-5-9(8)13/h4-5,7,10H,6H2,1-3H3,(H2,14,15)(H,16,17). The van der Waals surface area contributed by atoms with Crippen LogP contribution in [-0.4, -0.2) is 30.6 Å². The van der Waals surface area contributed by atoms with Crippen molar-refractivity contribution >= 4 is 23.3 Å². The van der Waals surface area contributed by atoms with Crippen molar-refractivity contribution in [3.8, 4) is 0 Å². The summed E-state index contributed by atoms with van der Waals surface area (Å²) in [6.07, 6.45) is 1.37. The third-order valence-corrected chi connectivity index (χ3v) is 2.89. The molecule has 1 rings (SSSR count). The van der Waals surface area contributed by atoms with Crippen molar-refractivity contribution in [3.63, 3.8) is 0 Å². The van der Waals surface area contributed by atoms with Crippen LogP contribution in [0.15, 0.2) is 12.3 Å². The van der Waals surface area contributed by atoms with E-state index in [0.29, 0.717) is 12.2 Å². The van der Waals surface area contributed by atoms with Crippen LogP contribution >= 0.6 is 11.6 Å². The molecule has 1 unspecified atom stereocenters. The van der Waals surface area contributed by atoms with Gasteiger partial charge in [-0.15, -0.1) is 0 Å². The van der Waals surface area contributed by atoms with Gasteiger partial charge in [-0.2, -0.15) is 0 Å². The van der Waals surface area contributed by atoms with Crippen LogP contribution in [0.4, 0.5) is 5.82 Å². The lowest BCUT2D eigenvalue weighted by Crippen LogP contribution is -2.41. The van der Waals surface area contributed by atoms with Gasteiger partial charge in [0.25, 0.3) is 5.91 Å². The van der Waals surface area contributed by atoms with Gasteiger partial charge in [0.05, 0.1) is 23.2 Å². The number of nitrogens with two attached hydrogens (primary N) is 1. The molecule has 1 heterocycles. The lowest BCUT2D eigenvalue weighted by atomic mass is 10.0. The van der Waals surface area contributed by atoms with Crippen LogP contribution < -0.4 is 11.1 Å². The zero-order valence-electron chi connectivity index (χ0n) is 10.7. The Labute approximate surface area is 112 Å². The zero-order chi connectivity index (χ0) is 13.7. The summed E-state index contributed by atoms with van der Waals surface area (Å²) in [6.45, 7) is 4.46. The van der Waals surface area contributed by atoms with Crippen molar-refractivity contribution < 1.29 is 9.53 Å². The molecule has 6 heteroatoms. The summed E-state index contributed by atoms with van der Waals surface area (Å²) in [4.78, 5) is 15.9. The van der Waals surface area contributed by atoms with Gasteiger partial charge in [0.2, 0.25) is 0 Å². The molecule has 0 aliphatic carbocycles. The van der Waals surface area contributed by atoms with E-state index in [1.807, 2.05) is 13.8 Å². The van der Waals surface area contributed by atoms with Gasteiger partial charge < -0.3 is 15.8 Å². The molecule has 100 valence electrons. The number of methoxy groups -OCH3 is 1. The minimum absolute atomic E-state index is 0.0760. The molecule has 18 heavy (non-hydrogen) atoms. The van der Waals surface area contributed by atoms with Crippen LogP contribution in [-0.2, 0) is 4.74 Å². The molecule has 0 saturated carbocycles. The predicted octanol–water partition coefficient (Wildman–Crippen LogP) is 1.72. The van der Waals surface area contributed by atoms with E-state index < -0.39 is 0 Å². The van der Waals surface area contributed by atoms with Gasteiger partial charge in [0, 0.05) is 13.3 Å². The highest BCUT2D eigenvalue weighted by atomic mass is 35.5. The number of aromatic nitrogens is 1. The van der Waals surface area contributed by atoms with Crippen molar-refractivity contribution in [2.75, 3.05) is 19.5 Å². The van der Waals surface area contributed by atoms with Crippen molar-refractivity contribution in [1.82, 2.24) is 10.3 Å². The number of anilines is 1. The first-order chi connectivity index (χ1) is 8.45. The molecule has 1 aromatic heterocycles. The number of nitrogen functional groups attached to an aromatic ring is 1. The van der Waals surface area contributed by atoms with Gasteiger partial charge >= 0.3 is 0 Å². The fraction of sp³-hybridized carbons (Fsp3) is 0.500. The lowest BCUT2D eigenvalue weighted by molar-refractivity contribution is 0.0866. The third kappa shape index (κ3) is 3.85. The monoisotopic (exact) mass is 271 g/mol. The molecule has 0 aliphatic heterocycles. The maximum absolute atomic E-state index is 12.1.